The molecule has 0 aromatic carbocycles. The molecule has 5 heteroatoms. The molecule has 0 amide bonds. The van der Waals surface area contributed by atoms with Crippen molar-refractivity contribution >= 4 is 5.78 Å². The Labute approximate surface area is 103 Å². The van der Waals surface area contributed by atoms with Crippen LogP contribution in [0.4, 0.5) is 0 Å². The number of ketones is 1. The molecule has 0 fully saturated rings. The van der Waals surface area contributed by atoms with Crippen LogP contribution in [0.2, 0.25) is 0 Å². The van der Waals surface area contributed by atoms with Crippen molar-refractivity contribution in [3.8, 4) is 0 Å². The van der Waals surface area contributed by atoms with Crippen LogP contribution in [0.25, 0.3) is 0 Å². The summed E-state index contributed by atoms with van der Waals surface area (Å²) < 4.78 is 1.77. The predicted octanol–water partition coefficient (Wildman–Crippen LogP) is 1.14. The Kier molecular flexibility index (Phi) is 5.83. The second-order valence-electron chi connectivity index (χ2n) is 3.98. The van der Waals surface area contributed by atoms with Gasteiger partial charge in [0.15, 0.2) is 0 Å². The Morgan fingerprint density at radius 2 is 2.06 bits per heavy atom. The predicted molar refractivity (Wildman–Crippen MR) is 66.8 cm³/mol. The Bertz CT molecular complexity index is 344. The summed E-state index contributed by atoms with van der Waals surface area (Å²) in [4.78, 5) is 18.2. The quantitative estimate of drug-likeness (QED) is 0.681. The van der Waals surface area contributed by atoms with Gasteiger partial charge in [-0.2, -0.15) is 5.10 Å². The van der Waals surface area contributed by atoms with Crippen molar-refractivity contribution in [2.75, 3.05) is 19.6 Å². The third kappa shape index (κ3) is 4.26. The number of aromatic nitrogens is 3. The largest absolute Gasteiger partial charge is 0.303 e. The lowest BCUT2D eigenvalue weighted by atomic mass is 10.2. The van der Waals surface area contributed by atoms with E-state index in [1.54, 1.807) is 4.68 Å². The molecule has 0 saturated heterocycles. The molecular weight excluding hydrogens is 216 g/mol. The molecule has 1 aromatic rings. The topological polar surface area (TPSA) is 51.0 Å². The Morgan fingerprint density at radius 3 is 2.65 bits per heavy atom. The lowest BCUT2D eigenvalue weighted by molar-refractivity contribution is -0.118. The van der Waals surface area contributed by atoms with Gasteiger partial charge in [-0.05, 0) is 20.0 Å². The van der Waals surface area contributed by atoms with Gasteiger partial charge in [-0.3, -0.25) is 4.79 Å². The second-order valence-corrected chi connectivity index (χ2v) is 3.98. The summed E-state index contributed by atoms with van der Waals surface area (Å²) in [6.45, 7) is 9.82. The summed E-state index contributed by atoms with van der Waals surface area (Å²) in [5, 5.41) is 4.06. The first-order chi connectivity index (χ1) is 8.21. The fourth-order valence-electron chi connectivity index (χ4n) is 1.78. The molecule has 0 spiro atoms. The van der Waals surface area contributed by atoms with E-state index in [1.807, 2.05) is 6.92 Å². The number of nitrogens with zero attached hydrogens (tertiary/aromatic N) is 4. The molecule has 0 atom stereocenters. The van der Waals surface area contributed by atoms with Crippen molar-refractivity contribution in [1.29, 1.82) is 0 Å². The van der Waals surface area contributed by atoms with Crippen molar-refractivity contribution in [2.24, 2.45) is 0 Å². The van der Waals surface area contributed by atoms with E-state index >= 15 is 0 Å². The molecule has 0 unspecified atom stereocenters. The SMILES string of the molecule is CCN(CC)CCC(=O)Cc1ncnn1CC. The highest BCUT2D eigenvalue weighted by Gasteiger charge is 2.10. The van der Waals surface area contributed by atoms with Crippen LogP contribution in [0.1, 0.15) is 33.0 Å². The minimum atomic E-state index is 0.236. The van der Waals surface area contributed by atoms with Gasteiger partial charge in [0.2, 0.25) is 0 Å². The summed E-state index contributed by atoms with van der Waals surface area (Å²) in [6.07, 6.45) is 2.50. The molecule has 1 rings (SSSR count). The van der Waals surface area contributed by atoms with Crippen LogP contribution in [-0.4, -0.2) is 45.1 Å². The summed E-state index contributed by atoms with van der Waals surface area (Å²) in [6, 6.07) is 0. The summed E-state index contributed by atoms with van der Waals surface area (Å²) in [5.41, 5.74) is 0. The third-order valence-electron chi connectivity index (χ3n) is 2.95. The third-order valence-corrected chi connectivity index (χ3v) is 2.95. The molecule has 5 nitrogen and oxygen atoms in total. The van der Waals surface area contributed by atoms with Crippen molar-refractivity contribution in [1.82, 2.24) is 19.7 Å². The average molecular weight is 238 g/mol. The van der Waals surface area contributed by atoms with Crippen LogP contribution in [0.15, 0.2) is 6.33 Å². The van der Waals surface area contributed by atoms with Gasteiger partial charge in [0.1, 0.15) is 17.9 Å². The van der Waals surface area contributed by atoms with Crippen LogP contribution < -0.4 is 0 Å². The van der Waals surface area contributed by atoms with E-state index in [2.05, 4.69) is 28.8 Å². The molecule has 0 aliphatic rings. The lowest BCUT2D eigenvalue weighted by Gasteiger charge is -2.16. The fraction of sp³-hybridized carbons (Fsp3) is 0.750. The fourth-order valence-corrected chi connectivity index (χ4v) is 1.78. The first-order valence-electron chi connectivity index (χ1n) is 6.31. The first kappa shape index (κ1) is 13.8. The highest BCUT2D eigenvalue weighted by atomic mass is 16.1. The molecule has 96 valence electrons. The molecule has 0 bridgehead atoms. The zero-order valence-electron chi connectivity index (χ0n) is 11.0. The standard InChI is InChI=1S/C12H22N4O/c1-4-15(5-2)8-7-11(17)9-12-13-10-14-16(12)6-3/h10H,4-9H2,1-3H3. The van der Waals surface area contributed by atoms with Gasteiger partial charge in [0.25, 0.3) is 0 Å². The maximum atomic E-state index is 11.8. The Balaban J connectivity index is 2.39. The number of carbonyl (C=O) groups is 1. The molecular formula is C12H22N4O. The molecule has 0 radical (unpaired) electrons. The van der Waals surface area contributed by atoms with Gasteiger partial charge in [-0.25, -0.2) is 9.67 Å². The van der Waals surface area contributed by atoms with E-state index in [0.29, 0.717) is 12.8 Å². The molecule has 17 heavy (non-hydrogen) atoms. The number of hydrogen-bond acceptors (Lipinski definition) is 4. The first-order valence-corrected chi connectivity index (χ1v) is 6.31. The van der Waals surface area contributed by atoms with Crippen LogP contribution in [0.5, 0.6) is 0 Å². The minimum Gasteiger partial charge on any atom is -0.303 e. The van der Waals surface area contributed by atoms with Gasteiger partial charge in [0, 0.05) is 19.5 Å². The summed E-state index contributed by atoms with van der Waals surface area (Å²) >= 11 is 0. The van der Waals surface area contributed by atoms with Crippen LogP contribution in [0, 0.1) is 0 Å². The highest BCUT2D eigenvalue weighted by Crippen LogP contribution is 2.00. The lowest BCUT2D eigenvalue weighted by Crippen LogP contribution is -2.26. The zero-order valence-corrected chi connectivity index (χ0v) is 11.0. The van der Waals surface area contributed by atoms with E-state index in [4.69, 9.17) is 0 Å². The van der Waals surface area contributed by atoms with Crippen molar-refractivity contribution in [2.45, 2.75) is 40.2 Å². The van der Waals surface area contributed by atoms with E-state index in [9.17, 15) is 4.79 Å². The molecule has 1 aromatic heterocycles. The minimum absolute atomic E-state index is 0.236. The van der Waals surface area contributed by atoms with Crippen LogP contribution in [-0.2, 0) is 17.8 Å². The smallest absolute Gasteiger partial charge is 0.141 e. The average Bonchev–Trinajstić information content (AvgIpc) is 2.77. The zero-order chi connectivity index (χ0) is 12.7. The molecule has 0 saturated carbocycles. The number of Topliss-reactive ketones (excluding diaryl/α,β-unsaturated/α-hetero) is 1. The van der Waals surface area contributed by atoms with Gasteiger partial charge in [-0.1, -0.05) is 13.8 Å². The normalized spacial score (nSPS) is 11.1. The van der Waals surface area contributed by atoms with E-state index in [0.717, 1.165) is 32.0 Å². The Morgan fingerprint density at radius 1 is 1.35 bits per heavy atom. The van der Waals surface area contributed by atoms with Gasteiger partial charge in [-0.15, -0.1) is 0 Å². The second kappa shape index (κ2) is 7.17. The number of aryl methyl sites for hydroxylation is 1. The molecule has 0 aliphatic carbocycles. The van der Waals surface area contributed by atoms with Gasteiger partial charge >= 0.3 is 0 Å². The van der Waals surface area contributed by atoms with Crippen molar-refractivity contribution in [3.05, 3.63) is 12.2 Å². The maximum Gasteiger partial charge on any atom is 0.141 e. The van der Waals surface area contributed by atoms with Gasteiger partial charge in [0.05, 0.1) is 6.42 Å². The molecule has 1 heterocycles. The van der Waals surface area contributed by atoms with Crippen LogP contribution in [0.3, 0.4) is 0 Å². The maximum absolute atomic E-state index is 11.8. The number of carbonyl (C=O) groups excluding carboxylic acids is 1. The van der Waals surface area contributed by atoms with E-state index in [-0.39, 0.29) is 5.78 Å². The number of hydrogen-bond donors (Lipinski definition) is 0. The van der Waals surface area contributed by atoms with E-state index in [1.165, 1.54) is 6.33 Å². The number of rotatable bonds is 8. The van der Waals surface area contributed by atoms with Crippen molar-refractivity contribution < 1.29 is 4.79 Å². The van der Waals surface area contributed by atoms with E-state index < -0.39 is 0 Å². The summed E-state index contributed by atoms with van der Waals surface area (Å²) in [5.74, 6) is 1.01. The van der Waals surface area contributed by atoms with Gasteiger partial charge < -0.3 is 4.90 Å². The van der Waals surface area contributed by atoms with Crippen molar-refractivity contribution in [3.63, 3.8) is 0 Å². The van der Waals surface area contributed by atoms with Crippen LogP contribution >= 0.6 is 0 Å². The monoisotopic (exact) mass is 238 g/mol. The highest BCUT2D eigenvalue weighted by molar-refractivity contribution is 5.80. The molecule has 0 N–H and O–H groups in total. The molecule has 0 aliphatic heterocycles. The summed E-state index contributed by atoms with van der Waals surface area (Å²) in [7, 11) is 0. The Hall–Kier alpha value is -1.23.